The van der Waals surface area contributed by atoms with Crippen molar-refractivity contribution >= 4 is 29.3 Å². The molecule has 27 heavy (non-hydrogen) atoms. The summed E-state index contributed by atoms with van der Waals surface area (Å²) < 4.78 is 15.4. The third-order valence-corrected chi connectivity index (χ3v) is 3.92. The molecule has 0 N–H and O–H groups in total. The Morgan fingerprint density at radius 3 is 2.56 bits per heavy atom. The lowest BCUT2D eigenvalue weighted by Crippen LogP contribution is -2.34. The molecule has 0 aromatic heterocycles. The Bertz CT molecular complexity index is 625. The minimum absolute atomic E-state index is 0.126. The van der Waals surface area contributed by atoms with Crippen LogP contribution in [0.25, 0.3) is 0 Å². The van der Waals surface area contributed by atoms with E-state index in [2.05, 4.69) is 0 Å². The van der Waals surface area contributed by atoms with Crippen LogP contribution in [0.4, 0.5) is 0 Å². The van der Waals surface area contributed by atoms with Crippen LogP contribution < -0.4 is 0 Å². The number of Topliss-reactive ketones (excluding diaryl/α,β-unsaturated/α-hetero) is 1. The van der Waals surface area contributed by atoms with Crippen LogP contribution in [0, 0.1) is 0 Å². The van der Waals surface area contributed by atoms with Gasteiger partial charge in [-0.2, -0.15) is 0 Å². The lowest BCUT2D eigenvalue weighted by molar-refractivity contribution is -0.205. The second-order valence-electron chi connectivity index (χ2n) is 7.73. The second kappa shape index (κ2) is 9.93. The van der Waals surface area contributed by atoms with Gasteiger partial charge in [0.05, 0.1) is 12.5 Å². The number of hydrogen-bond donors (Lipinski definition) is 0. The fourth-order valence-corrected chi connectivity index (χ4v) is 2.63. The van der Waals surface area contributed by atoms with E-state index in [0.717, 1.165) is 30.9 Å². The molecular formula is C20H29ClO6. The molecule has 0 saturated carbocycles. The van der Waals surface area contributed by atoms with Crippen LogP contribution in [-0.4, -0.2) is 35.0 Å². The molecule has 1 heterocycles. The van der Waals surface area contributed by atoms with Crippen LogP contribution in [0.15, 0.2) is 23.5 Å². The lowest BCUT2D eigenvalue weighted by atomic mass is 10.0. The average molecular weight is 401 g/mol. The van der Waals surface area contributed by atoms with Gasteiger partial charge in [0.25, 0.3) is 0 Å². The highest BCUT2D eigenvalue weighted by Gasteiger charge is 2.31. The number of ketones is 1. The first-order valence-corrected chi connectivity index (χ1v) is 9.38. The number of alkyl halides is 1. The molecule has 6 nitrogen and oxygen atoms in total. The van der Waals surface area contributed by atoms with Gasteiger partial charge < -0.3 is 14.2 Å². The molecule has 152 valence electrons. The van der Waals surface area contributed by atoms with Crippen LogP contribution in [0.1, 0.15) is 66.7 Å². The van der Waals surface area contributed by atoms with Gasteiger partial charge in [-0.15, -0.1) is 11.6 Å². The van der Waals surface area contributed by atoms with Gasteiger partial charge in [-0.1, -0.05) is 5.57 Å². The van der Waals surface area contributed by atoms with Crippen molar-refractivity contribution in [2.75, 3.05) is 6.61 Å². The third-order valence-electron chi connectivity index (χ3n) is 3.73. The molecule has 1 rings (SSSR count). The first-order chi connectivity index (χ1) is 12.4. The average Bonchev–Trinajstić information content (AvgIpc) is 2.42. The molecule has 0 fully saturated rings. The fraction of sp³-hybridized carbons (Fsp3) is 0.650. The highest BCUT2D eigenvalue weighted by atomic mass is 35.5. The van der Waals surface area contributed by atoms with Gasteiger partial charge in [-0.05, 0) is 46.1 Å². The number of ether oxygens (including phenoxy) is 3. The first-order valence-electron chi connectivity index (χ1n) is 9.01. The van der Waals surface area contributed by atoms with Crippen LogP contribution in [0.5, 0.6) is 0 Å². The number of carbonyl (C=O) groups is 3. The third kappa shape index (κ3) is 10.8. The zero-order valence-electron chi connectivity index (χ0n) is 16.7. The minimum atomic E-state index is -1.12. The van der Waals surface area contributed by atoms with Crippen LogP contribution in [0.2, 0.25) is 0 Å². The maximum atomic E-state index is 12.0. The fourth-order valence-electron chi connectivity index (χ4n) is 2.49. The van der Waals surface area contributed by atoms with E-state index in [-0.39, 0.29) is 35.9 Å². The van der Waals surface area contributed by atoms with Crippen LogP contribution >= 0.6 is 11.6 Å². The van der Waals surface area contributed by atoms with Gasteiger partial charge >= 0.3 is 11.9 Å². The Morgan fingerprint density at radius 2 is 1.96 bits per heavy atom. The molecule has 1 aliphatic heterocycles. The van der Waals surface area contributed by atoms with E-state index in [9.17, 15) is 14.4 Å². The smallest absolute Gasteiger partial charge is 0.337 e. The number of carbonyl (C=O) groups excluding carboxylic acids is 3. The number of esters is 2. The molecule has 0 aromatic rings. The Balaban J connectivity index is 2.32. The van der Waals surface area contributed by atoms with E-state index in [1.165, 1.54) is 0 Å². The Hall–Kier alpha value is -1.82. The van der Waals surface area contributed by atoms with Crippen LogP contribution in [0.3, 0.4) is 0 Å². The monoisotopic (exact) mass is 400 g/mol. The van der Waals surface area contributed by atoms with E-state index in [4.69, 9.17) is 25.8 Å². The minimum Gasteiger partial charge on any atom is -0.461 e. The van der Waals surface area contributed by atoms with Crippen molar-refractivity contribution in [3.8, 4) is 0 Å². The Kier molecular flexibility index (Phi) is 8.54. The zero-order valence-corrected chi connectivity index (χ0v) is 17.5. The normalized spacial score (nSPS) is 16.9. The molecule has 0 amide bonds. The molecule has 0 aromatic carbocycles. The van der Waals surface area contributed by atoms with Gasteiger partial charge in [-0.25, -0.2) is 4.79 Å². The van der Waals surface area contributed by atoms with Crippen molar-refractivity contribution < 1.29 is 28.6 Å². The second-order valence-corrected chi connectivity index (χ2v) is 8.75. The van der Waals surface area contributed by atoms with Gasteiger partial charge in [0.1, 0.15) is 18.8 Å². The Morgan fingerprint density at radius 1 is 1.30 bits per heavy atom. The molecular weight excluding hydrogens is 372 g/mol. The molecule has 0 saturated heterocycles. The molecule has 0 unspecified atom stereocenters. The summed E-state index contributed by atoms with van der Waals surface area (Å²) in [5, 5.41) is 0. The van der Waals surface area contributed by atoms with Crippen molar-refractivity contribution in [2.24, 2.45) is 0 Å². The van der Waals surface area contributed by atoms with Crippen molar-refractivity contribution in [3.63, 3.8) is 0 Å². The summed E-state index contributed by atoms with van der Waals surface area (Å²) in [4.78, 5) is 35.0. The van der Waals surface area contributed by atoms with Gasteiger partial charge in [-0.3, -0.25) is 9.59 Å². The molecule has 1 aliphatic rings. The topological polar surface area (TPSA) is 78.9 Å². The molecule has 0 spiro atoms. The van der Waals surface area contributed by atoms with E-state index < -0.39 is 17.7 Å². The maximum Gasteiger partial charge on any atom is 0.337 e. The SMILES string of the molecule is C/C(=C\COC(=O)CC(=O)CC1=CC(=O)OC(C)(C)O1)CCCC(C)(C)Cl. The zero-order chi connectivity index (χ0) is 20.7. The summed E-state index contributed by atoms with van der Waals surface area (Å²) in [6.45, 7) is 9.18. The molecule has 0 aliphatic carbocycles. The molecule has 0 bridgehead atoms. The van der Waals surface area contributed by atoms with E-state index in [1.54, 1.807) is 13.8 Å². The number of halogens is 1. The summed E-state index contributed by atoms with van der Waals surface area (Å²) in [5.74, 6) is -2.50. The number of rotatable bonds is 10. The van der Waals surface area contributed by atoms with Gasteiger partial charge in [0.2, 0.25) is 5.79 Å². The quantitative estimate of drug-likeness (QED) is 0.236. The predicted molar refractivity (Wildman–Crippen MR) is 102 cm³/mol. The van der Waals surface area contributed by atoms with Crippen LogP contribution in [-0.2, 0) is 28.6 Å². The molecule has 0 atom stereocenters. The van der Waals surface area contributed by atoms with Crippen molar-refractivity contribution in [2.45, 2.75) is 77.4 Å². The summed E-state index contributed by atoms with van der Waals surface area (Å²) in [6, 6.07) is 0. The maximum absolute atomic E-state index is 12.0. The van der Waals surface area contributed by atoms with E-state index in [1.807, 2.05) is 26.8 Å². The summed E-state index contributed by atoms with van der Waals surface area (Å²) >= 11 is 6.15. The van der Waals surface area contributed by atoms with Crippen molar-refractivity contribution in [3.05, 3.63) is 23.5 Å². The Labute approximate surface area is 165 Å². The highest BCUT2D eigenvalue weighted by molar-refractivity contribution is 6.23. The molecule has 7 heteroatoms. The standard InChI is InChI=1S/C20H29ClO6/c1-14(7-6-9-19(2,3)21)8-10-25-17(23)12-15(22)11-16-13-18(24)27-20(4,5)26-16/h8,13H,6-7,9-12H2,1-5H3/b14-8+. The number of cyclic esters (lactones) is 1. The summed E-state index contributed by atoms with van der Waals surface area (Å²) in [5.41, 5.74) is 1.11. The van der Waals surface area contributed by atoms with Gasteiger partial charge in [0.15, 0.2) is 5.78 Å². The van der Waals surface area contributed by atoms with Crippen molar-refractivity contribution in [1.29, 1.82) is 0 Å². The van der Waals surface area contributed by atoms with E-state index in [0.29, 0.717) is 0 Å². The summed E-state index contributed by atoms with van der Waals surface area (Å²) in [6.07, 6.45) is 5.15. The van der Waals surface area contributed by atoms with E-state index >= 15 is 0 Å². The number of allylic oxidation sites excluding steroid dienone is 2. The summed E-state index contributed by atoms with van der Waals surface area (Å²) in [7, 11) is 0. The van der Waals surface area contributed by atoms with Crippen molar-refractivity contribution in [1.82, 2.24) is 0 Å². The predicted octanol–water partition coefficient (Wildman–Crippen LogP) is 4.21. The van der Waals surface area contributed by atoms with Gasteiger partial charge in [0, 0.05) is 18.7 Å². The first kappa shape index (κ1) is 23.2. The lowest BCUT2D eigenvalue weighted by Gasteiger charge is -2.30. The highest BCUT2D eigenvalue weighted by Crippen LogP contribution is 2.24. The number of hydrogen-bond acceptors (Lipinski definition) is 6. The molecule has 0 radical (unpaired) electrons. The largest absolute Gasteiger partial charge is 0.461 e.